The van der Waals surface area contributed by atoms with Gasteiger partial charge in [0, 0.05) is 56.3 Å². The van der Waals surface area contributed by atoms with E-state index in [9.17, 15) is 4.79 Å². The van der Waals surface area contributed by atoms with Gasteiger partial charge in [0.25, 0.3) is 0 Å². The number of aryl methyl sites for hydroxylation is 3. The van der Waals surface area contributed by atoms with Crippen LogP contribution in [0.15, 0.2) is 10.6 Å². The molecule has 2 aromatic rings. The van der Waals surface area contributed by atoms with Crippen molar-refractivity contribution < 1.29 is 14.1 Å². The van der Waals surface area contributed by atoms with E-state index < -0.39 is 0 Å². The first kappa shape index (κ1) is 20.1. The van der Waals surface area contributed by atoms with Crippen molar-refractivity contribution >= 4 is 5.91 Å². The number of amides is 1. The van der Waals surface area contributed by atoms with E-state index in [-0.39, 0.29) is 17.2 Å². The smallest absolute Gasteiger partial charge is 0.229 e. The normalized spacial score (nSPS) is 23.5. The van der Waals surface area contributed by atoms with Crippen LogP contribution in [0, 0.1) is 13.8 Å². The van der Waals surface area contributed by atoms with Gasteiger partial charge in [0.05, 0.1) is 5.69 Å². The molecule has 2 saturated heterocycles. The Morgan fingerprint density at radius 1 is 1.31 bits per heavy atom. The lowest BCUT2D eigenvalue weighted by Gasteiger charge is -2.38. The van der Waals surface area contributed by atoms with Crippen LogP contribution in [0.1, 0.15) is 68.0 Å². The number of piperidine rings is 1. The first-order valence-corrected chi connectivity index (χ1v) is 10.7. The summed E-state index contributed by atoms with van der Waals surface area (Å²) in [5.74, 6) is 1.90. The third-order valence-corrected chi connectivity index (χ3v) is 6.24. The van der Waals surface area contributed by atoms with Gasteiger partial charge in [0.2, 0.25) is 11.8 Å². The van der Waals surface area contributed by atoms with Crippen molar-refractivity contribution in [3.8, 4) is 0 Å². The average molecular weight is 402 g/mol. The van der Waals surface area contributed by atoms with Gasteiger partial charge in [-0.2, -0.15) is 10.1 Å². The van der Waals surface area contributed by atoms with Gasteiger partial charge in [0.1, 0.15) is 0 Å². The number of carbonyl (C=O) groups is 1. The number of rotatable bonds is 5. The maximum Gasteiger partial charge on any atom is 0.229 e. The standard InChI is InChI=1S/C21H31N5O3/c1-15-13-16(2)26(23-15)10-5-18(27)25-9-4-8-21(3,14-25)20-22-19(29-24-20)17-6-11-28-12-7-17/h13,17H,4-12,14H2,1-3H3. The van der Waals surface area contributed by atoms with E-state index in [0.29, 0.717) is 19.5 Å². The second kappa shape index (κ2) is 8.26. The van der Waals surface area contributed by atoms with E-state index in [1.54, 1.807) is 0 Å². The summed E-state index contributed by atoms with van der Waals surface area (Å²) in [4.78, 5) is 19.6. The number of aromatic nitrogens is 4. The first-order valence-electron chi connectivity index (χ1n) is 10.7. The maximum atomic E-state index is 12.9. The summed E-state index contributed by atoms with van der Waals surface area (Å²) >= 11 is 0. The predicted octanol–water partition coefficient (Wildman–Crippen LogP) is 2.75. The first-order chi connectivity index (χ1) is 13.9. The second-order valence-electron chi connectivity index (χ2n) is 8.72. The van der Waals surface area contributed by atoms with Crippen LogP contribution >= 0.6 is 0 Å². The number of likely N-dealkylation sites (tertiary alicyclic amines) is 1. The van der Waals surface area contributed by atoms with Crippen LogP contribution in [0.5, 0.6) is 0 Å². The zero-order chi connectivity index (χ0) is 20.4. The lowest BCUT2D eigenvalue weighted by molar-refractivity contribution is -0.133. The van der Waals surface area contributed by atoms with Crippen LogP contribution in [-0.4, -0.2) is 57.0 Å². The minimum atomic E-state index is -0.265. The van der Waals surface area contributed by atoms with Gasteiger partial charge in [-0.1, -0.05) is 12.1 Å². The average Bonchev–Trinajstić information content (AvgIpc) is 3.34. The molecule has 8 heteroatoms. The Bertz CT molecular complexity index is 854. The van der Waals surface area contributed by atoms with Crippen LogP contribution in [0.2, 0.25) is 0 Å². The second-order valence-corrected chi connectivity index (χ2v) is 8.72. The zero-order valence-corrected chi connectivity index (χ0v) is 17.7. The molecule has 8 nitrogen and oxygen atoms in total. The highest BCUT2D eigenvalue weighted by molar-refractivity contribution is 5.76. The van der Waals surface area contributed by atoms with Crippen LogP contribution in [0.3, 0.4) is 0 Å². The van der Waals surface area contributed by atoms with Gasteiger partial charge in [-0.15, -0.1) is 0 Å². The molecule has 1 atom stereocenters. The number of carbonyl (C=O) groups excluding carboxylic acids is 1. The fourth-order valence-electron chi connectivity index (χ4n) is 4.49. The van der Waals surface area contributed by atoms with Crippen molar-refractivity contribution in [2.24, 2.45) is 0 Å². The molecule has 2 aliphatic rings. The topological polar surface area (TPSA) is 86.3 Å². The molecule has 0 spiro atoms. The van der Waals surface area contributed by atoms with Crippen molar-refractivity contribution in [1.82, 2.24) is 24.8 Å². The summed E-state index contributed by atoms with van der Waals surface area (Å²) in [6.45, 7) is 9.67. The predicted molar refractivity (Wildman–Crippen MR) is 107 cm³/mol. The molecule has 4 rings (SSSR count). The van der Waals surface area contributed by atoms with Crippen LogP contribution in [0.4, 0.5) is 0 Å². The Morgan fingerprint density at radius 2 is 2.10 bits per heavy atom. The quantitative estimate of drug-likeness (QED) is 0.766. The van der Waals surface area contributed by atoms with E-state index in [4.69, 9.17) is 14.2 Å². The molecule has 0 aliphatic carbocycles. The number of hydrogen-bond acceptors (Lipinski definition) is 6. The lowest BCUT2D eigenvalue weighted by Crippen LogP contribution is -2.47. The summed E-state index contributed by atoms with van der Waals surface area (Å²) in [6.07, 6.45) is 4.21. The van der Waals surface area contributed by atoms with Gasteiger partial charge >= 0.3 is 0 Å². The molecule has 2 aromatic heterocycles. The van der Waals surface area contributed by atoms with Crippen molar-refractivity contribution in [2.75, 3.05) is 26.3 Å². The van der Waals surface area contributed by atoms with Gasteiger partial charge in [-0.3, -0.25) is 9.48 Å². The maximum absolute atomic E-state index is 12.9. The van der Waals surface area contributed by atoms with Crippen LogP contribution in [-0.2, 0) is 21.5 Å². The molecule has 0 aromatic carbocycles. The molecule has 0 saturated carbocycles. The van der Waals surface area contributed by atoms with E-state index in [0.717, 1.165) is 68.5 Å². The lowest BCUT2D eigenvalue weighted by atomic mass is 9.81. The van der Waals surface area contributed by atoms with Gasteiger partial charge < -0.3 is 14.2 Å². The Morgan fingerprint density at radius 3 is 2.83 bits per heavy atom. The number of nitrogens with zero attached hydrogens (tertiary/aromatic N) is 5. The summed E-state index contributed by atoms with van der Waals surface area (Å²) in [6, 6.07) is 2.04. The fourth-order valence-corrected chi connectivity index (χ4v) is 4.49. The molecule has 0 N–H and O–H groups in total. The van der Waals surface area contributed by atoms with Gasteiger partial charge in [0.15, 0.2) is 5.82 Å². The largest absolute Gasteiger partial charge is 0.381 e. The highest BCUT2D eigenvalue weighted by Gasteiger charge is 2.39. The van der Waals surface area contributed by atoms with E-state index in [1.165, 1.54) is 0 Å². The molecule has 29 heavy (non-hydrogen) atoms. The SMILES string of the molecule is Cc1cc(C)n(CCC(=O)N2CCCC(C)(c3noc(C4CCOCC4)n3)C2)n1. The highest BCUT2D eigenvalue weighted by atomic mass is 16.5. The third kappa shape index (κ3) is 4.37. The van der Waals surface area contributed by atoms with Crippen molar-refractivity contribution in [1.29, 1.82) is 0 Å². The monoisotopic (exact) mass is 401 g/mol. The molecule has 0 radical (unpaired) electrons. The summed E-state index contributed by atoms with van der Waals surface area (Å²) in [7, 11) is 0. The van der Waals surface area contributed by atoms with Crippen molar-refractivity contribution in [2.45, 2.75) is 70.8 Å². The molecule has 0 bridgehead atoms. The molecule has 1 amide bonds. The van der Waals surface area contributed by atoms with Crippen LogP contribution < -0.4 is 0 Å². The minimum Gasteiger partial charge on any atom is -0.381 e. The minimum absolute atomic E-state index is 0.164. The zero-order valence-electron chi connectivity index (χ0n) is 17.7. The Kier molecular flexibility index (Phi) is 5.72. The van der Waals surface area contributed by atoms with E-state index in [1.807, 2.05) is 29.5 Å². The molecular weight excluding hydrogens is 370 g/mol. The van der Waals surface area contributed by atoms with E-state index >= 15 is 0 Å². The molecule has 2 aliphatic heterocycles. The van der Waals surface area contributed by atoms with Gasteiger partial charge in [-0.25, -0.2) is 0 Å². The molecule has 158 valence electrons. The summed E-state index contributed by atoms with van der Waals surface area (Å²) in [5, 5.41) is 8.76. The Balaban J connectivity index is 1.39. The Hall–Kier alpha value is -2.22. The number of hydrogen-bond donors (Lipinski definition) is 0. The van der Waals surface area contributed by atoms with Crippen LogP contribution in [0.25, 0.3) is 0 Å². The number of ether oxygens (including phenoxy) is 1. The fraction of sp³-hybridized carbons (Fsp3) is 0.714. The van der Waals surface area contributed by atoms with E-state index in [2.05, 4.69) is 17.2 Å². The summed E-state index contributed by atoms with van der Waals surface area (Å²) < 4.78 is 12.9. The molecule has 2 fully saturated rings. The Labute approximate surface area is 171 Å². The van der Waals surface area contributed by atoms with Crippen molar-refractivity contribution in [3.05, 3.63) is 29.2 Å². The van der Waals surface area contributed by atoms with Gasteiger partial charge in [-0.05, 0) is 45.6 Å². The highest BCUT2D eigenvalue weighted by Crippen LogP contribution is 2.34. The molecule has 4 heterocycles. The van der Waals surface area contributed by atoms with Crippen molar-refractivity contribution in [3.63, 3.8) is 0 Å². The molecule has 1 unspecified atom stereocenters. The summed E-state index contributed by atoms with van der Waals surface area (Å²) in [5.41, 5.74) is 1.81. The third-order valence-electron chi connectivity index (χ3n) is 6.24. The molecular formula is C21H31N5O3.